The second-order valence-corrected chi connectivity index (χ2v) is 7.47. The third kappa shape index (κ3) is 4.00. The van der Waals surface area contributed by atoms with Gasteiger partial charge >= 0.3 is 0 Å². The van der Waals surface area contributed by atoms with E-state index in [4.69, 9.17) is 0 Å². The summed E-state index contributed by atoms with van der Waals surface area (Å²) in [4.78, 5) is 29.0. The Morgan fingerprint density at radius 3 is 2.92 bits per heavy atom. The van der Waals surface area contributed by atoms with E-state index in [1.807, 2.05) is 7.05 Å². The second-order valence-electron chi connectivity index (χ2n) is 7.47. The Bertz CT molecular complexity index is 503. The summed E-state index contributed by atoms with van der Waals surface area (Å²) in [5.41, 5.74) is 1.34. The van der Waals surface area contributed by atoms with Gasteiger partial charge in [0.05, 0.1) is 0 Å². The third-order valence-electron chi connectivity index (χ3n) is 5.86. The van der Waals surface area contributed by atoms with Crippen LogP contribution in [0.2, 0.25) is 0 Å². The fraction of sp³-hybridized carbons (Fsp3) is 0.789. The van der Waals surface area contributed by atoms with E-state index in [-0.39, 0.29) is 0 Å². The Labute approximate surface area is 145 Å². The van der Waals surface area contributed by atoms with E-state index in [9.17, 15) is 9.59 Å². The number of hydrogen-bond donors (Lipinski definition) is 1. The first-order chi connectivity index (χ1) is 11.7. The van der Waals surface area contributed by atoms with Crippen molar-refractivity contribution in [3.8, 4) is 0 Å². The Morgan fingerprint density at radius 1 is 1.29 bits per heavy atom. The molecule has 2 atom stereocenters. The molecule has 0 aromatic rings. The van der Waals surface area contributed by atoms with E-state index in [1.54, 1.807) is 0 Å². The second kappa shape index (κ2) is 8.15. The zero-order valence-corrected chi connectivity index (χ0v) is 14.9. The molecule has 2 heterocycles. The minimum atomic E-state index is 0.290. The number of hydrogen-bond acceptors (Lipinski definition) is 3. The maximum absolute atomic E-state index is 12.7. The number of amides is 2. The Hall–Kier alpha value is -1.36. The van der Waals surface area contributed by atoms with Crippen molar-refractivity contribution in [3.63, 3.8) is 0 Å². The van der Waals surface area contributed by atoms with Crippen molar-refractivity contribution in [2.75, 3.05) is 33.2 Å². The number of carbonyl (C=O) groups excluding carboxylic acids is 2. The molecule has 2 saturated heterocycles. The Morgan fingerprint density at radius 2 is 2.17 bits per heavy atom. The molecule has 0 bridgehead atoms. The largest absolute Gasteiger partial charge is 0.342 e. The number of likely N-dealkylation sites (tertiary alicyclic amines) is 2. The van der Waals surface area contributed by atoms with E-state index in [0.717, 1.165) is 51.9 Å². The fourth-order valence-electron chi connectivity index (χ4n) is 4.47. The van der Waals surface area contributed by atoms with Gasteiger partial charge in [0.15, 0.2) is 0 Å². The number of rotatable bonds is 5. The predicted molar refractivity (Wildman–Crippen MR) is 94.5 cm³/mol. The number of nitrogens with zero attached hydrogens (tertiary/aromatic N) is 2. The van der Waals surface area contributed by atoms with Crippen molar-refractivity contribution in [1.82, 2.24) is 15.1 Å². The highest BCUT2D eigenvalue weighted by Gasteiger charge is 2.39. The third-order valence-corrected chi connectivity index (χ3v) is 5.86. The molecule has 3 rings (SSSR count). The number of allylic oxidation sites excluding steroid dienone is 1. The zero-order valence-electron chi connectivity index (χ0n) is 14.9. The summed E-state index contributed by atoms with van der Waals surface area (Å²) >= 11 is 0. The maximum atomic E-state index is 12.7. The molecule has 0 radical (unpaired) electrons. The molecule has 0 saturated carbocycles. The average molecular weight is 333 g/mol. The smallest absolute Gasteiger partial charge is 0.226 e. The van der Waals surface area contributed by atoms with Gasteiger partial charge < -0.3 is 15.1 Å². The number of carbonyl (C=O) groups is 2. The summed E-state index contributed by atoms with van der Waals surface area (Å²) < 4.78 is 0. The molecular formula is C19H31N3O2. The topological polar surface area (TPSA) is 52.7 Å². The maximum Gasteiger partial charge on any atom is 0.226 e. The summed E-state index contributed by atoms with van der Waals surface area (Å²) in [5.74, 6) is 1.04. The molecule has 2 aliphatic heterocycles. The van der Waals surface area contributed by atoms with Gasteiger partial charge in [-0.15, -0.1) is 0 Å². The van der Waals surface area contributed by atoms with Gasteiger partial charge in [-0.1, -0.05) is 11.6 Å². The van der Waals surface area contributed by atoms with Crippen molar-refractivity contribution < 1.29 is 9.59 Å². The SMILES string of the molecule is CNCCN1C(=O)CC[C@H]2CN(C(=O)CC3=CCCCC3)CC[C@H]21. The lowest BCUT2D eigenvalue weighted by Gasteiger charge is -2.47. The lowest BCUT2D eigenvalue weighted by atomic mass is 9.83. The van der Waals surface area contributed by atoms with Gasteiger partial charge in [0, 0.05) is 45.1 Å². The van der Waals surface area contributed by atoms with Gasteiger partial charge in [-0.3, -0.25) is 9.59 Å². The minimum absolute atomic E-state index is 0.290. The predicted octanol–water partition coefficient (Wildman–Crippen LogP) is 1.94. The molecule has 2 fully saturated rings. The molecule has 0 aromatic carbocycles. The molecule has 5 heteroatoms. The van der Waals surface area contributed by atoms with Crippen LogP contribution in [0, 0.1) is 5.92 Å². The summed E-state index contributed by atoms with van der Waals surface area (Å²) in [6, 6.07) is 0.331. The van der Waals surface area contributed by atoms with Gasteiger partial charge in [-0.2, -0.15) is 0 Å². The van der Waals surface area contributed by atoms with Crippen LogP contribution < -0.4 is 5.32 Å². The summed E-state index contributed by atoms with van der Waals surface area (Å²) in [6.07, 6.45) is 10.1. The summed E-state index contributed by atoms with van der Waals surface area (Å²) in [6.45, 7) is 3.26. The Kier molecular flexibility index (Phi) is 5.93. The molecular weight excluding hydrogens is 302 g/mol. The normalized spacial score (nSPS) is 27.7. The van der Waals surface area contributed by atoms with Crippen LogP contribution in [-0.4, -0.2) is 60.9 Å². The molecule has 1 N–H and O–H groups in total. The number of likely N-dealkylation sites (N-methyl/N-ethyl adjacent to an activating group) is 1. The molecule has 0 aromatic heterocycles. The molecule has 5 nitrogen and oxygen atoms in total. The zero-order chi connectivity index (χ0) is 16.9. The fourth-order valence-corrected chi connectivity index (χ4v) is 4.47. The summed E-state index contributed by atoms with van der Waals surface area (Å²) in [5, 5.41) is 3.14. The van der Waals surface area contributed by atoms with Crippen LogP contribution in [0.4, 0.5) is 0 Å². The average Bonchev–Trinajstić information content (AvgIpc) is 2.61. The molecule has 24 heavy (non-hydrogen) atoms. The van der Waals surface area contributed by atoms with E-state index in [0.29, 0.717) is 36.6 Å². The monoisotopic (exact) mass is 333 g/mol. The van der Waals surface area contributed by atoms with Crippen molar-refractivity contribution in [3.05, 3.63) is 11.6 Å². The molecule has 2 amide bonds. The van der Waals surface area contributed by atoms with Crippen LogP contribution in [0.1, 0.15) is 51.4 Å². The van der Waals surface area contributed by atoms with Crippen molar-refractivity contribution in [2.45, 2.75) is 57.4 Å². The van der Waals surface area contributed by atoms with Gasteiger partial charge in [0.1, 0.15) is 0 Å². The standard InChI is InChI=1S/C19H31N3O2/c1-20-10-12-22-17-9-11-21(14-16(17)7-8-18(22)23)19(24)13-15-5-3-2-4-6-15/h5,16-17,20H,2-4,6-14H2,1H3/t16-,17+/m0/s1. The van der Waals surface area contributed by atoms with E-state index >= 15 is 0 Å². The van der Waals surface area contributed by atoms with E-state index in [2.05, 4.69) is 21.2 Å². The highest BCUT2D eigenvalue weighted by Crippen LogP contribution is 2.32. The van der Waals surface area contributed by atoms with E-state index < -0.39 is 0 Å². The molecule has 0 spiro atoms. The molecule has 134 valence electrons. The highest BCUT2D eigenvalue weighted by molar-refractivity contribution is 5.80. The number of nitrogens with one attached hydrogen (secondary N) is 1. The quantitative estimate of drug-likeness (QED) is 0.782. The van der Waals surface area contributed by atoms with Gasteiger partial charge in [0.25, 0.3) is 0 Å². The summed E-state index contributed by atoms with van der Waals surface area (Å²) in [7, 11) is 1.92. The van der Waals surface area contributed by atoms with Crippen LogP contribution in [0.5, 0.6) is 0 Å². The van der Waals surface area contributed by atoms with Gasteiger partial charge in [-0.25, -0.2) is 0 Å². The van der Waals surface area contributed by atoms with Crippen molar-refractivity contribution in [1.29, 1.82) is 0 Å². The first-order valence-electron chi connectivity index (χ1n) is 9.59. The molecule has 1 aliphatic carbocycles. The Balaban J connectivity index is 1.57. The van der Waals surface area contributed by atoms with Crippen LogP contribution in [0.15, 0.2) is 11.6 Å². The molecule has 3 aliphatic rings. The van der Waals surface area contributed by atoms with Crippen molar-refractivity contribution >= 4 is 11.8 Å². The van der Waals surface area contributed by atoms with Crippen LogP contribution in [-0.2, 0) is 9.59 Å². The molecule has 0 unspecified atom stereocenters. The van der Waals surface area contributed by atoms with Crippen LogP contribution in [0.25, 0.3) is 0 Å². The lowest BCUT2D eigenvalue weighted by molar-refractivity contribution is -0.143. The van der Waals surface area contributed by atoms with Gasteiger partial charge in [0.2, 0.25) is 11.8 Å². The minimum Gasteiger partial charge on any atom is -0.342 e. The van der Waals surface area contributed by atoms with Crippen LogP contribution >= 0.6 is 0 Å². The van der Waals surface area contributed by atoms with Crippen LogP contribution in [0.3, 0.4) is 0 Å². The number of fused-ring (bicyclic) bond motifs is 1. The first kappa shape index (κ1) is 17.5. The van der Waals surface area contributed by atoms with Crippen molar-refractivity contribution in [2.24, 2.45) is 5.92 Å². The highest BCUT2D eigenvalue weighted by atomic mass is 16.2. The van der Waals surface area contributed by atoms with Gasteiger partial charge in [-0.05, 0) is 51.5 Å². The first-order valence-corrected chi connectivity index (χ1v) is 9.59. The van der Waals surface area contributed by atoms with E-state index in [1.165, 1.54) is 18.4 Å². The number of piperidine rings is 2. The lowest BCUT2D eigenvalue weighted by Crippen LogP contribution is -2.57.